The molecule has 24 heavy (non-hydrogen) atoms. The van der Waals surface area contributed by atoms with Gasteiger partial charge in [0.05, 0.1) is 25.5 Å². The predicted octanol–water partition coefficient (Wildman–Crippen LogP) is 2.87. The third-order valence-corrected chi connectivity index (χ3v) is 5.42. The third kappa shape index (κ3) is 4.44. The van der Waals surface area contributed by atoms with Crippen LogP contribution in [0.1, 0.15) is 32.3 Å². The molecule has 5 nitrogen and oxygen atoms in total. The van der Waals surface area contributed by atoms with Crippen molar-refractivity contribution >= 4 is 23.6 Å². The number of carbonyl (C=O) groups excluding carboxylic acids is 2. The number of nitrogens with zero attached hydrogens (tertiary/aromatic N) is 1. The zero-order chi connectivity index (χ0) is 17.5. The van der Waals surface area contributed by atoms with Crippen molar-refractivity contribution in [2.24, 2.45) is 0 Å². The average molecular weight is 351 g/mol. The molecule has 0 radical (unpaired) electrons. The highest BCUT2D eigenvalue weighted by Gasteiger charge is 2.41. The molecule has 1 aromatic carbocycles. The van der Waals surface area contributed by atoms with Crippen molar-refractivity contribution in [3.63, 3.8) is 0 Å². The fourth-order valence-electron chi connectivity index (χ4n) is 2.70. The van der Waals surface area contributed by atoms with Crippen molar-refractivity contribution in [1.29, 1.82) is 0 Å². The lowest BCUT2D eigenvalue weighted by Gasteiger charge is -2.27. The third-order valence-electron chi connectivity index (χ3n) is 3.96. The highest BCUT2D eigenvalue weighted by molar-refractivity contribution is 8.00. The highest BCUT2D eigenvalue weighted by atomic mass is 32.2. The maximum atomic E-state index is 12.8. The van der Waals surface area contributed by atoms with E-state index in [1.807, 2.05) is 38.1 Å². The number of esters is 1. The molecule has 1 fully saturated rings. The second-order valence-electron chi connectivity index (χ2n) is 5.71. The fraction of sp³-hybridized carbons (Fsp3) is 0.556. The second kappa shape index (κ2) is 8.97. The first kappa shape index (κ1) is 18.6. The molecule has 2 atom stereocenters. The van der Waals surface area contributed by atoms with Crippen LogP contribution in [0.15, 0.2) is 24.3 Å². The molecule has 0 N–H and O–H groups in total. The number of hydrogen-bond donors (Lipinski definition) is 0. The monoisotopic (exact) mass is 351 g/mol. The van der Waals surface area contributed by atoms with Crippen LogP contribution in [-0.2, 0) is 20.7 Å². The van der Waals surface area contributed by atoms with Crippen LogP contribution in [0.25, 0.3) is 0 Å². The van der Waals surface area contributed by atoms with Crippen molar-refractivity contribution in [1.82, 2.24) is 4.90 Å². The fourth-order valence-corrected chi connectivity index (χ4v) is 4.06. The van der Waals surface area contributed by atoms with E-state index < -0.39 is 6.04 Å². The van der Waals surface area contributed by atoms with Crippen LogP contribution in [-0.4, -0.2) is 47.7 Å². The highest BCUT2D eigenvalue weighted by Crippen LogP contribution is 2.32. The van der Waals surface area contributed by atoms with Crippen molar-refractivity contribution in [2.75, 3.05) is 19.5 Å². The van der Waals surface area contributed by atoms with Crippen LogP contribution in [0.2, 0.25) is 0 Å². The number of methoxy groups -OCH3 is 1. The maximum absolute atomic E-state index is 12.8. The Morgan fingerprint density at radius 3 is 2.54 bits per heavy atom. The summed E-state index contributed by atoms with van der Waals surface area (Å²) in [6.07, 6.45) is 1.87. The number of hydrogen-bond acceptors (Lipinski definition) is 5. The zero-order valence-corrected chi connectivity index (χ0v) is 15.3. The number of rotatable bonds is 7. The van der Waals surface area contributed by atoms with E-state index in [1.165, 1.54) is 0 Å². The van der Waals surface area contributed by atoms with Crippen LogP contribution >= 0.6 is 11.8 Å². The van der Waals surface area contributed by atoms with Gasteiger partial charge in [0, 0.05) is 5.75 Å². The first-order chi connectivity index (χ1) is 11.6. The Labute approximate surface area is 147 Å². The summed E-state index contributed by atoms with van der Waals surface area (Å²) in [5.41, 5.74) is 0.910. The summed E-state index contributed by atoms with van der Waals surface area (Å²) in [5.74, 6) is 1.05. The van der Waals surface area contributed by atoms with Crippen LogP contribution < -0.4 is 4.74 Å². The minimum absolute atomic E-state index is 0.0320. The molecule has 2 unspecified atom stereocenters. The lowest BCUT2D eigenvalue weighted by molar-refractivity contribution is -0.154. The number of ether oxygens (including phenoxy) is 2. The van der Waals surface area contributed by atoms with Gasteiger partial charge in [-0.1, -0.05) is 26.0 Å². The first-order valence-corrected chi connectivity index (χ1v) is 9.37. The van der Waals surface area contributed by atoms with Crippen molar-refractivity contribution in [2.45, 2.75) is 44.5 Å². The van der Waals surface area contributed by atoms with E-state index in [-0.39, 0.29) is 23.7 Å². The van der Waals surface area contributed by atoms with Gasteiger partial charge in [-0.25, -0.2) is 4.79 Å². The molecule has 1 amide bonds. The van der Waals surface area contributed by atoms with Crippen molar-refractivity contribution in [3.8, 4) is 5.75 Å². The van der Waals surface area contributed by atoms with Gasteiger partial charge in [-0.15, -0.1) is 11.8 Å². The molecule has 0 saturated carbocycles. The van der Waals surface area contributed by atoms with E-state index in [2.05, 4.69) is 0 Å². The van der Waals surface area contributed by atoms with Crippen molar-refractivity contribution in [3.05, 3.63) is 29.8 Å². The van der Waals surface area contributed by atoms with E-state index in [1.54, 1.807) is 23.8 Å². The molecule has 0 aromatic heterocycles. The van der Waals surface area contributed by atoms with Crippen LogP contribution in [0.3, 0.4) is 0 Å². The lowest BCUT2D eigenvalue weighted by Crippen LogP contribution is -2.46. The Morgan fingerprint density at radius 1 is 1.25 bits per heavy atom. The molecule has 2 rings (SSSR count). The smallest absolute Gasteiger partial charge is 0.329 e. The molecule has 1 aromatic rings. The first-order valence-electron chi connectivity index (χ1n) is 8.33. The Hall–Kier alpha value is -1.69. The molecule has 1 saturated heterocycles. The average Bonchev–Trinajstić information content (AvgIpc) is 3.04. The molecule has 6 heteroatoms. The standard InChI is InChI=1S/C18H25NO4S/c1-4-10-23-18(21)15-12-24-17(5-2)19(15)16(20)11-13-6-8-14(22-3)9-7-13/h6-9,15,17H,4-5,10-12H2,1-3H3. The number of thioether (sulfide) groups is 1. The summed E-state index contributed by atoms with van der Waals surface area (Å²) in [6.45, 7) is 4.39. The van der Waals surface area contributed by atoms with Gasteiger partial charge in [0.25, 0.3) is 0 Å². The molecule has 1 aliphatic heterocycles. The van der Waals surface area contributed by atoms with Gasteiger partial charge in [-0.3, -0.25) is 4.79 Å². The second-order valence-corrected chi connectivity index (χ2v) is 6.92. The molecule has 0 spiro atoms. The Kier molecular flexibility index (Phi) is 6.97. The molecule has 0 bridgehead atoms. The van der Waals surface area contributed by atoms with Gasteiger partial charge in [0.1, 0.15) is 11.8 Å². The largest absolute Gasteiger partial charge is 0.497 e. The molecule has 132 valence electrons. The van der Waals surface area contributed by atoms with Gasteiger partial charge in [0.15, 0.2) is 0 Å². The normalized spacial score (nSPS) is 20.0. The van der Waals surface area contributed by atoms with Gasteiger partial charge in [-0.05, 0) is 30.5 Å². The van der Waals surface area contributed by atoms with E-state index in [9.17, 15) is 9.59 Å². The minimum Gasteiger partial charge on any atom is -0.497 e. The Bertz CT molecular complexity index is 561. The van der Waals surface area contributed by atoms with Crippen LogP contribution in [0, 0.1) is 0 Å². The number of amides is 1. The molecule has 0 aliphatic carbocycles. The van der Waals surface area contributed by atoms with Crippen molar-refractivity contribution < 1.29 is 19.1 Å². The van der Waals surface area contributed by atoms with Gasteiger partial charge < -0.3 is 14.4 Å². The summed E-state index contributed by atoms with van der Waals surface area (Å²) in [7, 11) is 1.61. The Morgan fingerprint density at radius 2 is 1.96 bits per heavy atom. The van der Waals surface area contributed by atoms with E-state index in [0.29, 0.717) is 12.4 Å². The maximum Gasteiger partial charge on any atom is 0.329 e. The number of carbonyl (C=O) groups is 2. The molecular formula is C18H25NO4S. The predicted molar refractivity (Wildman–Crippen MR) is 95.1 cm³/mol. The molecule has 1 aliphatic rings. The minimum atomic E-state index is -0.475. The van der Waals surface area contributed by atoms with Gasteiger partial charge >= 0.3 is 5.97 Å². The molecule has 1 heterocycles. The Balaban J connectivity index is 2.08. The summed E-state index contributed by atoms with van der Waals surface area (Å²) in [4.78, 5) is 26.8. The van der Waals surface area contributed by atoms with Crippen LogP contribution in [0.5, 0.6) is 5.75 Å². The summed E-state index contributed by atoms with van der Waals surface area (Å²) >= 11 is 1.65. The summed E-state index contributed by atoms with van der Waals surface area (Å²) < 4.78 is 10.4. The lowest BCUT2D eigenvalue weighted by atomic mass is 10.1. The van der Waals surface area contributed by atoms with Gasteiger partial charge in [-0.2, -0.15) is 0 Å². The quantitative estimate of drug-likeness (QED) is 0.707. The van der Waals surface area contributed by atoms with E-state index in [0.717, 1.165) is 24.2 Å². The zero-order valence-electron chi connectivity index (χ0n) is 14.5. The number of benzene rings is 1. The van der Waals surface area contributed by atoms with Crippen LogP contribution in [0.4, 0.5) is 0 Å². The topological polar surface area (TPSA) is 55.8 Å². The summed E-state index contributed by atoms with van der Waals surface area (Å²) in [6, 6.07) is 6.96. The summed E-state index contributed by atoms with van der Waals surface area (Å²) in [5, 5.41) is 0.0370. The van der Waals surface area contributed by atoms with E-state index in [4.69, 9.17) is 9.47 Å². The SMILES string of the molecule is CCCOC(=O)C1CSC(CC)N1C(=O)Cc1ccc(OC)cc1. The van der Waals surface area contributed by atoms with E-state index >= 15 is 0 Å². The van der Waals surface area contributed by atoms with Gasteiger partial charge in [0.2, 0.25) is 5.91 Å². The molecular weight excluding hydrogens is 326 g/mol.